The molecule has 1 heterocycles. The molecule has 21 heavy (non-hydrogen) atoms. The number of carboxylic acids is 1. The van der Waals surface area contributed by atoms with Crippen molar-refractivity contribution < 1.29 is 14.7 Å². The lowest BCUT2D eigenvalue weighted by Gasteiger charge is -1.99. The number of hydrogen-bond acceptors (Lipinski definition) is 5. The minimum atomic E-state index is -1.02. The molecule has 1 aromatic rings. The van der Waals surface area contributed by atoms with E-state index in [4.69, 9.17) is 5.11 Å². The van der Waals surface area contributed by atoms with Crippen molar-refractivity contribution in [2.24, 2.45) is 10.2 Å². The smallest absolute Gasteiger partial charge is 0.305 e. The largest absolute Gasteiger partial charge is 0.481 e. The number of amides is 1. The average Bonchev–Trinajstić information content (AvgIpc) is 2.73. The molecule has 1 aliphatic heterocycles. The number of carbonyl (C=O) groups excluding carboxylic acids is 1. The standard InChI is InChI=1S/C12H9BrIN3O3S/c13-7-2-1-3-8(14)6(7)5-15-17-12-16-11(20)9(21-12)4-10(18)19/h1-3,5,9H,4H2,(H,18,19)(H,16,17,20). The second-order valence-electron chi connectivity index (χ2n) is 3.98. The summed E-state index contributed by atoms with van der Waals surface area (Å²) in [4.78, 5) is 22.1. The monoisotopic (exact) mass is 481 g/mol. The molecule has 2 rings (SSSR count). The van der Waals surface area contributed by atoms with Gasteiger partial charge in [0.05, 0.1) is 12.6 Å². The van der Waals surface area contributed by atoms with Crippen LogP contribution in [0.25, 0.3) is 0 Å². The third-order valence-corrected chi connectivity index (χ3v) is 5.18. The van der Waals surface area contributed by atoms with Crippen LogP contribution in [0.15, 0.2) is 32.9 Å². The maximum Gasteiger partial charge on any atom is 0.305 e. The maximum absolute atomic E-state index is 11.5. The molecular weight excluding hydrogens is 473 g/mol. The summed E-state index contributed by atoms with van der Waals surface area (Å²) in [5.41, 5.74) is 0.888. The van der Waals surface area contributed by atoms with Gasteiger partial charge < -0.3 is 10.4 Å². The zero-order valence-electron chi connectivity index (χ0n) is 10.4. The highest BCUT2D eigenvalue weighted by atomic mass is 127. The highest BCUT2D eigenvalue weighted by Gasteiger charge is 2.32. The minimum Gasteiger partial charge on any atom is -0.481 e. The molecule has 2 N–H and O–H groups in total. The summed E-state index contributed by atoms with van der Waals surface area (Å²) in [6.45, 7) is 0. The van der Waals surface area contributed by atoms with E-state index in [0.717, 1.165) is 25.4 Å². The number of hydrogen-bond donors (Lipinski definition) is 2. The molecule has 6 nitrogen and oxygen atoms in total. The summed E-state index contributed by atoms with van der Waals surface area (Å²) in [6.07, 6.45) is 1.34. The van der Waals surface area contributed by atoms with Gasteiger partial charge in [0, 0.05) is 13.6 Å². The van der Waals surface area contributed by atoms with Crippen molar-refractivity contribution in [3.8, 4) is 0 Å². The van der Waals surface area contributed by atoms with Crippen LogP contribution in [0.3, 0.4) is 0 Å². The average molecular weight is 482 g/mol. The Labute approximate surface area is 146 Å². The summed E-state index contributed by atoms with van der Waals surface area (Å²) >= 11 is 6.68. The quantitative estimate of drug-likeness (QED) is 0.392. The van der Waals surface area contributed by atoms with Crippen LogP contribution in [0.2, 0.25) is 0 Å². The Morgan fingerprint density at radius 2 is 2.33 bits per heavy atom. The predicted octanol–water partition coefficient (Wildman–Crippen LogP) is 2.45. The molecule has 110 valence electrons. The molecule has 1 saturated heterocycles. The van der Waals surface area contributed by atoms with E-state index < -0.39 is 11.2 Å². The van der Waals surface area contributed by atoms with E-state index in [1.54, 1.807) is 6.21 Å². The van der Waals surface area contributed by atoms with E-state index in [2.05, 4.69) is 54.0 Å². The van der Waals surface area contributed by atoms with Crippen LogP contribution in [0, 0.1) is 3.57 Å². The summed E-state index contributed by atoms with van der Waals surface area (Å²) in [6, 6.07) is 5.75. The third kappa shape index (κ3) is 4.51. The molecule has 0 bridgehead atoms. The van der Waals surface area contributed by atoms with Crippen molar-refractivity contribution in [1.82, 2.24) is 5.32 Å². The van der Waals surface area contributed by atoms with Crippen molar-refractivity contribution in [1.29, 1.82) is 0 Å². The van der Waals surface area contributed by atoms with Crippen molar-refractivity contribution in [3.05, 3.63) is 31.8 Å². The molecule has 1 fully saturated rings. The summed E-state index contributed by atoms with van der Waals surface area (Å²) in [5.74, 6) is -1.37. The Balaban J connectivity index is 2.07. The lowest BCUT2D eigenvalue weighted by Crippen LogP contribution is -2.26. The summed E-state index contributed by atoms with van der Waals surface area (Å²) in [5, 5.41) is 18.7. The van der Waals surface area contributed by atoms with E-state index in [1.165, 1.54) is 0 Å². The van der Waals surface area contributed by atoms with Crippen LogP contribution in [0.1, 0.15) is 12.0 Å². The van der Waals surface area contributed by atoms with Gasteiger partial charge in [-0.1, -0.05) is 33.8 Å². The van der Waals surface area contributed by atoms with Gasteiger partial charge in [0.15, 0.2) is 5.17 Å². The molecular formula is C12H9BrIN3O3S. The fourth-order valence-electron chi connectivity index (χ4n) is 1.52. The van der Waals surface area contributed by atoms with Gasteiger partial charge in [-0.2, -0.15) is 5.10 Å². The van der Waals surface area contributed by atoms with Crippen LogP contribution >= 0.6 is 50.3 Å². The van der Waals surface area contributed by atoms with Crippen LogP contribution in [-0.4, -0.2) is 33.6 Å². The first-order valence-electron chi connectivity index (χ1n) is 5.71. The van der Waals surface area contributed by atoms with Gasteiger partial charge in [-0.3, -0.25) is 9.59 Å². The number of thioether (sulfide) groups is 1. The first-order chi connectivity index (χ1) is 9.97. The van der Waals surface area contributed by atoms with Gasteiger partial charge in [0.1, 0.15) is 5.25 Å². The molecule has 1 atom stereocenters. The van der Waals surface area contributed by atoms with E-state index in [1.807, 2.05) is 18.2 Å². The zero-order valence-corrected chi connectivity index (χ0v) is 15.0. The van der Waals surface area contributed by atoms with Crippen LogP contribution < -0.4 is 5.32 Å². The molecule has 0 radical (unpaired) electrons. The first-order valence-corrected chi connectivity index (χ1v) is 8.47. The molecule has 1 amide bonds. The van der Waals surface area contributed by atoms with Crippen molar-refractivity contribution >= 4 is 73.5 Å². The Morgan fingerprint density at radius 1 is 1.57 bits per heavy atom. The Bertz CT molecular complexity index is 630. The second-order valence-corrected chi connectivity index (χ2v) is 7.19. The highest BCUT2D eigenvalue weighted by molar-refractivity contribution is 14.1. The number of nitrogens with zero attached hydrogens (tertiary/aromatic N) is 2. The van der Waals surface area contributed by atoms with Crippen LogP contribution in [0.5, 0.6) is 0 Å². The highest BCUT2D eigenvalue weighted by Crippen LogP contribution is 2.23. The maximum atomic E-state index is 11.5. The fourth-order valence-corrected chi connectivity index (χ4v) is 3.91. The second kappa shape index (κ2) is 7.36. The van der Waals surface area contributed by atoms with Crippen LogP contribution in [0.4, 0.5) is 0 Å². The van der Waals surface area contributed by atoms with Gasteiger partial charge in [-0.05, 0) is 34.7 Å². The lowest BCUT2D eigenvalue weighted by molar-refractivity contribution is -0.138. The number of aliphatic carboxylic acids is 1. The predicted molar refractivity (Wildman–Crippen MR) is 93.7 cm³/mol. The summed E-state index contributed by atoms with van der Waals surface area (Å²) in [7, 11) is 0. The number of amidine groups is 1. The molecule has 1 aromatic carbocycles. The molecule has 9 heteroatoms. The van der Waals surface area contributed by atoms with Gasteiger partial charge >= 0.3 is 5.97 Å². The number of carboxylic acid groups (broad SMARTS) is 1. The molecule has 1 unspecified atom stereocenters. The van der Waals surface area contributed by atoms with E-state index in [-0.39, 0.29) is 12.3 Å². The molecule has 0 aromatic heterocycles. The van der Waals surface area contributed by atoms with E-state index in [0.29, 0.717) is 5.17 Å². The molecule has 1 aliphatic rings. The third-order valence-electron chi connectivity index (χ3n) is 2.47. The van der Waals surface area contributed by atoms with Crippen molar-refractivity contribution in [2.75, 3.05) is 0 Å². The molecule has 0 saturated carbocycles. The fraction of sp³-hybridized carbons (Fsp3) is 0.167. The first kappa shape index (κ1) is 16.4. The van der Waals surface area contributed by atoms with Crippen molar-refractivity contribution in [3.63, 3.8) is 0 Å². The Morgan fingerprint density at radius 3 is 3.00 bits per heavy atom. The molecule has 0 aliphatic carbocycles. The number of carbonyl (C=O) groups is 2. The van der Waals surface area contributed by atoms with Gasteiger partial charge in [0.2, 0.25) is 5.91 Å². The SMILES string of the molecule is O=C(O)CC1SC(=NN=Cc2c(Br)cccc2I)NC1=O. The number of rotatable bonds is 4. The summed E-state index contributed by atoms with van der Waals surface area (Å²) < 4.78 is 1.91. The van der Waals surface area contributed by atoms with Crippen LogP contribution in [-0.2, 0) is 9.59 Å². The van der Waals surface area contributed by atoms with Gasteiger partial charge in [0.25, 0.3) is 0 Å². The van der Waals surface area contributed by atoms with Crippen molar-refractivity contribution in [2.45, 2.75) is 11.7 Å². The number of benzene rings is 1. The number of nitrogens with one attached hydrogen (secondary N) is 1. The van der Waals surface area contributed by atoms with E-state index in [9.17, 15) is 9.59 Å². The van der Waals surface area contributed by atoms with Gasteiger partial charge in [-0.15, -0.1) is 5.10 Å². The Kier molecular flexibility index (Phi) is 5.76. The lowest BCUT2D eigenvalue weighted by atomic mass is 10.2. The zero-order chi connectivity index (χ0) is 15.4. The van der Waals surface area contributed by atoms with Gasteiger partial charge in [-0.25, -0.2) is 0 Å². The molecule has 0 spiro atoms. The topological polar surface area (TPSA) is 91.1 Å². The Hall–Kier alpha value is -0.940. The minimum absolute atomic E-state index is 0.235. The number of halogens is 2. The van der Waals surface area contributed by atoms with E-state index >= 15 is 0 Å². The normalized spacial score (nSPS) is 20.2.